The third-order valence-corrected chi connectivity index (χ3v) is 3.43. The lowest BCUT2D eigenvalue weighted by molar-refractivity contribution is 0.103. The number of hydrogen-bond donors (Lipinski definition) is 2. The standard InChI is InChI=1S/C15H9ClN2O3/c16-10-4-2-1-3-9(10)13(19)8-5-6-11-12(7-8)18-15(21)14(20)17-11/h1-7H,(H,17,20)(H,18,21). The predicted octanol–water partition coefficient (Wildman–Crippen LogP) is 2.10. The molecule has 0 radical (unpaired) electrons. The SMILES string of the molecule is O=C(c1ccc2[nH]c(=O)c(=O)[nH]c2c1)c1ccccc1Cl. The van der Waals surface area contributed by atoms with Gasteiger partial charge in [-0.3, -0.25) is 14.4 Å². The quantitative estimate of drug-likeness (QED) is 0.561. The molecule has 0 saturated heterocycles. The van der Waals surface area contributed by atoms with Crippen molar-refractivity contribution in [1.82, 2.24) is 9.97 Å². The summed E-state index contributed by atoms with van der Waals surface area (Å²) in [5.41, 5.74) is 0.105. The molecule has 2 aromatic carbocycles. The normalized spacial score (nSPS) is 10.7. The Morgan fingerprint density at radius 2 is 1.57 bits per heavy atom. The van der Waals surface area contributed by atoms with Gasteiger partial charge in [0.2, 0.25) is 0 Å². The Kier molecular flexibility index (Phi) is 3.19. The van der Waals surface area contributed by atoms with Crippen molar-refractivity contribution in [3.05, 3.63) is 79.3 Å². The fraction of sp³-hybridized carbons (Fsp3) is 0. The molecule has 0 spiro atoms. The minimum absolute atomic E-state index is 0.255. The van der Waals surface area contributed by atoms with E-state index in [0.717, 1.165) is 0 Å². The zero-order valence-corrected chi connectivity index (χ0v) is 11.4. The lowest BCUT2D eigenvalue weighted by Crippen LogP contribution is -2.28. The number of benzene rings is 2. The van der Waals surface area contributed by atoms with Crippen molar-refractivity contribution in [2.45, 2.75) is 0 Å². The second-order valence-corrected chi connectivity index (χ2v) is 4.88. The Morgan fingerprint density at radius 3 is 2.29 bits per heavy atom. The fourth-order valence-electron chi connectivity index (χ4n) is 2.06. The van der Waals surface area contributed by atoms with E-state index in [1.54, 1.807) is 36.4 Å². The second kappa shape index (κ2) is 5.03. The molecule has 2 N–H and O–H groups in total. The average molecular weight is 301 g/mol. The van der Waals surface area contributed by atoms with Crippen molar-refractivity contribution in [3.63, 3.8) is 0 Å². The van der Waals surface area contributed by atoms with Crippen LogP contribution in [0.2, 0.25) is 5.02 Å². The zero-order valence-electron chi connectivity index (χ0n) is 10.6. The van der Waals surface area contributed by atoms with Gasteiger partial charge in [-0.2, -0.15) is 0 Å². The van der Waals surface area contributed by atoms with Gasteiger partial charge in [-0.15, -0.1) is 0 Å². The number of nitrogens with one attached hydrogen (secondary N) is 2. The number of ketones is 1. The van der Waals surface area contributed by atoms with Gasteiger partial charge < -0.3 is 9.97 Å². The summed E-state index contributed by atoms with van der Waals surface area (Å²) in [6, 6.07) is 11.4. The van der Waals surface area contributed by atoms with E-state index in [0.29, 0.717) is 27.2 Å². The van der Waals surface area contributed by atoms with Crippen molar-refractivity contribution >= 4 is 28.4 Å². The summed E-state index contributed by atoms with van der Waals surface area (Å²) >= 11 is 6.01. The van der Waals surface area contributed by atoms with Crippen LogP contribution in [0.4, 0.5) is 0 Å². The largest absolute Gasteiger partial charge is 0.316 e. The van der Waals surface area contributed by atoms with Crippen LogP contribution in [-0.2, 0) is 0 Å². The third-order valence-electron chi connectivity index (χ3n) is 3.10. The molecule has 5 nitrogen and oxygen atoms in total. The minimum atomic E-state index is -0.759. The highest BCUT2D eigenvalue weighted by Crippen LogP contribution is 2.20. The Hall–Kier alpha value is -2.66. The summed E-state index contributed by atoms with van der Waals surface area (Å²) in [6.45, 7) is 0. The number of H-pyrrole nitrogens is 2. The lowest BCUT2D eigenvalue weighted by Gasteiger charge is -2.04. The molecule has 0 atom stereocenters. The van der Waals surface area contributed by atoms with Crippen LogP contribution in [0.3, 0.4) is 0 Å². The van der Waals surface area contributed by atoms with Crippen LogP contribution >= 0.6 is 11.6 Å². The van der Waals surface area contributed by atoms with Crippen LogP contribution < -0.4 is 11.1 Å². The summed E-state index contributed by atoms with van der Waals surface area (Å²) in [7, 11) is 0. The van der Waals surface area contributed by atoms with Gasteiger partial charge in [-0.25, -0.2) is 0 Å². The first-order chi connectivity index (χ1) is 10.1. The van der Waals surface area contributed by atoms with E-state index < -0.39 is 11.1 Å². The average Bonchev–Trinajstić information content (AvgIpc) is 2.48. The van der Waals surface area contributed by atoms with Gasteiger partial charge in [0, 0.05) is 11.1 Å². The number of rotatable bonds is 2. The summed E-state index contributed by atoms with van der Waals surface area (Å²) in [5, 5.41) is 0.359. The first-order valence-corrected chi connectivity index (χ1v) is 6.49. The molecule has 0 aliphatic carbocycles. The first kappa shape index (κ1) is 13.3. The van der Waals surface area contributed by atoms with E-state index >= 15 is 0 Å². The Morgan fingerprint density at radius 1 is 0.905 bits per heavy atom. The van der Waals surface area contributed by atoms with Gasteiger partial charge in [-0.1, -0.05) is 23.7 Å². The molecule has 0 bridgehead atoms. The number of carbonyl (C=O) groups is 1. The van der Waals surface area contributed by atoms with Crippen molar-refractivity contribution in [1.29, 1.82) is 0 Å². The summed E-state index contributed by atoms with van der Waals surface area (Å²) in [6.07, 6.45) is 0. The molecule has 0 amide bonds. The topological polar surface area (TPSA) is 82.8 Å². The molecule has 1 aromatic heterocycles. The highest BCUT2D eigenvalue weighted by molar-refractivity contribution is 6.35. The van der Waals surface area contributed by atoms with Gasteiger partial charge in [-0.05, 0) is 30.3 Å². The van der Waals surface area contributed by atoms with Gasteiger partial charge in [0.15, 0.2) is 5.78 Å². The van der Waals surface area contributed by atoms with E-state index in [4.69, 9.17) is 11.6 Å². The van der Waals surface area contributed by atoms with Gasteiger partial charge in [0.25, 0.3) is 0 Å². The van der Waals surface area contributed by atoms with Gasteiger partial charge in [0.05, 0.1) is 16.1 Å². The first-order valence-electron chi connectivity index (χ1n) is 6.12. The van der Waals surface area contributed by atoms with Gasteiger partial charge >= 0.3 is 11.1 Å². The number of carbonyl (C=O) groups excluding carboxylic acids is 1. The number of fused-ring (bicyclic) bond motifs is 1. The number of aromatic nitrogens is 2. The molecule has 0 fully saturated rings. The van der Waals surface area contributed by atoms with E-state index in [9.17, 15) is 14.4 Å². The monoisotopic (exact) mass is 300 g/mol. The molecule has 0 aliphatic rings. The van der Waals surface area contributed by atoms with Crippen molar-refractivity contribution in [2.75, 3.05) is 0 Å². The molecule has 0 unspecified atom stereocenters. The molecule has 21 heavy (non-hydrogen) atoms. The highest BCUT2D eigenvalue weighted by Gasteiger charge is 2.13. The number of aromatic amines is 2. The molecule has 0 aliphatic heterocycles. The van der Waals surface area contributed by atoms with Crippen LogP contribution in [0.1, 0.15) is 15.9 Å². The maximum atomic E-state index is 12.4. The number of halogens is 1. The summed E-state index contributed by atoms with van der Waals surface area (Å²) in [5.74, 6) is -0.255. The van der Waals surface area contributed by atoms with Crippen molar-refractivity contribution < 1.29 is 4.79 Å². The predicted molar refractivity (Wildman–Crippen MR) is 80.1 cm³/mol. The Labute approximate surface area is 123 Å². The van der Waals surface area contributed by atoms with E-state index in [1.807, 2.05) is 0 Å². The smallest absolute Gasteiger partial charge is 0.314 e. The molecule has 1 heterocycles. The van der Waals surface area contributed by atoms with E-state index in [-0.39, 0.29) is 5.78 Å². The van der Waals surface area contributed by atoms with Gasteiger partial charge in [0.1, 0.15) is 0 Å². The maximum absolute atomic E-state index is 12.4. The Balaban J connectivity index is 2.15. The second-order valence-electron chi connectivity index (χ2n) is 4.48. The molecule has 3 rings (SSSR count). The molecular weight excluding hydrogens is 292 g/mol. The van der Waals surface area contributed by atoms with Crippen LogP contribution in [0.5, 0.6) is 0 Å². The molecule has 104 valence electrons. The molecule has 6 heteroatoms. The maximum Gasteiger partial charge on any atom is 0.314 e. The molecule has 3 aromatic rings. The fourth-order valence-corrected chi connectivity index (χ4v) is 2.28. The van der Waals surface area contributed by atoms with Crippen molar-refractivity contribution in [3.8, 4) is 0 Å². The number of hydrogen-bond acceptors (Lipinski definition) is 3. The minimum Gasteiger partial charge on any atom is -0.316 e. The summed E-state index contributed by atoms with van der Waals surface area (Å²) < 4.78 is 0. The molecule has 0 saturated carbocycles. The lowest BCUT2D eigenvalue weighted by atomic mass is 10.0. The van der Waals surface area contributed by atoms with Crippen LogP contribution in [-0.4, -0.2) is 15.8 Å². The van der Waals surface area contributed by atoms with Crippen LogP contribution in [0, 0.1) is 0 Å². The van der Waals surface area contributed by atoms with Crippen LogP contribution in [0.25, 0.3) is 11.0 Å². The van der Waals surface area contributed by atoms with Crippen molar-refractivity contribution in [2.24, 2.45) is 0 Å². The molecular formula is C15H9ClN2O3. The summed E-state index contributed by atoms with van der Waals surface area (Å²) in [4.78, 5) is 39.9. The Bertz CT molecular complexity index is 972. The van der Waals surface area contributed by atoms with E-state index in [1.165, 1.54) is 6.07 Å². The van der Waals surface area contributed by atoms with Crippen LogP contribution in [0.15, 0.2) is 52.1 Å². The zero-order chi connectivity index (χ0) is 15.0. The highest BCUT2D eigenvalue weighted by atomic mass is 35.5. The third kappa shape index (κ3) is 2.39. The van der Waals surface area contributed by atoms with E-state index in [2.05, 4.69) is 9.97 Å².